The number of aryl methyl sites for hydroxylation is 1. The summed E-state index contributed by atoms with van der Waals surface area (Å²) in [6, 6.07) is 9.93. The van der Waals surface area contributed by atoms with Gasteiger partial charge < -0.3 is 14.9 Å². The van der Waals surface area contributed by atoms with E-state index >= 15 is 0 Å². The number of piperidine rings is 1. The molecule has 164 valence electrons. The number of rotatable bonds is 4. The lowest BCUT2D eigenvalue weighted by Gasteiger charge is -2.51. The molecule has 2 aromatic heterocycles. The third-order valence-corrected chi connectivity index (χ3v) is 7.26. The molecule has 7 heteroatoms. The molecule has 1 saturated heterocycles. The predicted molar refractivity (Wildman–Crippen MR) is 124 cm³/mol. The van der Waals surface area contributed by atoms with Crippen molar-refractivity contribution in [2.75, 3.05) is 25.5 Å². The highest BCUT2D eigenvalue weighted by Gasteiger charge is 2.41. The summed E-state index contributed by atoms with van der Waals surface area (Å²) in [7, 11) is 6.18. The van der Waals surface area contributed by atoms with E-state index in [-0.39, 0.29) is 11.3 Å². The van der Waals surface area contributed by atoms with Gasteiger partial charge in [-0.15, -0.1) is 10.2 Å². The SMILES string of the molecule is CC1C(N(C)c2ccc(-c3ccc(-c4cnn(C)c4)cc3O)nn2)CCN(C)C1(C)C. The summed E-state index contributed by atoms with van der Waals surface area (Å²) < 4.78 is 1.74. The van der Waals surface area contributed by atoms with Crippen molar-refractivity contribution in [2.24, 2.45) is 13.0 Å². The van der Waals surface area contributed by atoms with Crippen LogP contribution in [0.2, 0.25) is 0 Å². The van der Waals surface area contributed by atoms with Crippen molar-refractivity contribution in [1.82, 2.24) is 24.9 Å². The molecular formula is C24H32N6O. The summed E-state index contributed by atoms with van der Waals surface area (Å²) >= 11 is 0. The van der Waals surface area contributed by atoms with Crippen LogP contribution in [0.4, 0.5) is 5.82 Å². The van der Waals surface area contributed by atoms with Crippen molar-refractivity contribution in [3.8, 4) is 28.1 Å². The first-order valence-electron chi connectivity index (χ1n) is 10.8. The zero-order valence-corrected chi connectivity index (χ0v) is 19.2. The zero-order chi connectivity index (χ0) is 22.3. The third-order valence-electron chi connectivity index (χ3n) is 7.26. The standard InChI is InChI=1S/C24H32N6O/c1-16-21(11-12-28(4)24(16,2)3)30(6)23-10-9-20(26-27-23)19-8-7-17(13-22(19)31)18-14-25-29(5)15-18/h7-10,13-16,21,31H,11-12H2,1-6H3. The molecule has 4 rings (SSSR count). The quantitative estimate of drug-likeness (QED) is 0.692. The van der Waals surface area contributed by atoms with Gasteiger partial charge in [0.1, 0.15) is 5.75 Å². The van der Waals surface area contributed by atoms with Crippen LogP contribution in [0.3, 0.4) is 0 Å². The molecule has 31 heavy (non-hydrogen) atoms. The largest absolute Gasteiger partial charge is 0.507 e. The molecule has 7 nitrogen and oxygen atoms in total. The molecular weight excluding hydrogens is 388 g/mol. The van der Waals surface area contributed by atoms with Gasteiger partial charge in [0, 0.05) is 49.5 Å². The van der Waals surface area contributed by atoms with Gasteiger partial charge in [-0.05, 0) is 63.1 Å². The number of nitrogens with zero attached hydrogens (tertiary/aromatic N) is 6. The van der Waals surface area contributed by atoms with Crippen molar-refractivity contribution >= 4 is 5.82 Å². The minimum absolute atomic E-state index is 0.131. The maximum absolute atomic E-state index is 10.6. The Labute approximate surface area is 184 Å². The lowest BCUT2D eigenvalue weighted by atomic mass is 9.77. The second kappa shape index (κ2) is 7.96. The summed E-state index contributed by atoms with van der Waals surface area (Å²) in [5.74, 6) is 1.52. The van der Waals surface area contributed by atoms with Crippen LogP contribution in [0.5, 0.6) is 5.75 Å². The van der Waals surface area contributed by atoms with Crippen LogP contribution in [0, 0.1) is 5.92 Å². The van der Waals surface area contributed by atoms with Crippen LogP contribution >= 0.6 is 0 Å². The molecule has 0 aliphatic carbocycles. The molecule has 0 bridgehead atoms. The van der Waals surface area contributed by atoms with E-state index in [1.54, 1.807) is 16.9 Å². The Morgan fingerprint density at radius 2 is 1.87 bits per heavy atom. The second-order valence-corrected chi connectivity index (χ2v) is 9.24. The minimum atomic E-state index is 0.131. The number of aromatic hydroxyl groups is 1. The van der Waals surface area contributed by atoms with Crippen molar-refractivity contribution in [2.45, 2.75) is 38.8 Å². The van der Waals surface area contributed by atoms with Gasteiger partial charge in [-0.1, -0.05) is 13.0 Å². The molecule has 3 aromatic rings. The summed E-state index contributed by atoms with van der Waals surface area (Å²) in [5, 5.41) is 23.7. The van der Waals surface area contributed by atoms with E-state index in [1.807, 2.05) is 37.5 Å². The maximum atomic E-state index is 10.6. The van der Waals surface area contributed by atoms with Crippen molar-refractivity contribution in [3.63, 3.8) is 0 Å². The van der Waals surface area contributed by atoms with Gasteiger partial charge in [0.2, 0.25) is 0 Å². The normalized spacial score (nSPS) is 21.2. The van der Waals surface area contributed by atoms with Crippen molar-refractivity contribution in [3.05, 3.63) is 42.7 Å². The molecule has 2 unspecified atom stereocenters. The molecule has 1 fully saturated rings. The van der Waals surface area contributed by atoms with Gasteiger partial charge in [-0.25, -0.2) is 0 Å². The number of benzene rings is 1. The molecule has 0 saturated carbocycles. The van der Waals surface area contributed by atoms with Crippen LogP contribution in [0.15, 0.2) is 42.7 Å². The van der Waals surface area contributed by atoms with E-state index in [2.05, 4.69) is 60.0 Å². The molecule has 3 heterocycles. The van der Waals surface area contributed by atoms with Crippen LogP contribution in [-0.2, 0) is 7.05 Å². The molecule has 0 radical (unpaired) electrons. The van der Waals surface area contributed by atoms with E-state index in [4.69, 9.17) is 0 Å². The number of aromatic nitrogens is 4. The molecule has 1 aliphatic heterocycles. The molecule has 0 spiro atoms. The minimum Gasteiger partial charge on any atom is -0.507 e. The molecule has 2 atom stereocenters. The van der Waals surface area contributed by atoms with Gasteiger partial charge in [0.15, 0.2) is 5.82 Å². The first kappa shape index (κ1) is 21.3. The summed E-state index contributed by atoms with van der Waals surface area (Å²) in [5.41, 5.74) is 3.33. The topological polar surface area (TPSA) is 70.3 Å². The van der Waals surface area contributed by atoms with Crippen LogP contribution in [0.1, 0.15) is 27.2 Å². The lowest BCUT2D eigenvalue weighted by Crippen LogP contribution is -2.59. The van der Waals surface area contributed by atoms with E-state index in [9.17, 15) is 5.11 Å². The fourth-order valence-electron chi connectivity index (χ4n) is 4.54. The first-order chi connectivity index (χ1) is 14.7. The van der Waals surface area contributed by atoms with Gasteiger partial charge in [-0.2, -0.15) is 5.10 Å². The predicted octanol–water partition coefficient (Wildman–Crippen LogP) is 3.80. The van der Waals surface area contributed by atoms with Gasteiger partial charge in [0.25, 0.3) is 0 Å². The Kier molecular flexibility index (Phi) is 5.47. The van der Waals surface area contributed by atoms with Crippen molar-refractivity contribution in [1.29, 1.82) is 0 Å². The number of phenolic OH excluding ortho intramolecular Hbond substituents is 1. The Balaban J connectivity index is 1.54. The molecule has 1 N–H and O–H groups in total. The Morgan fingerprint density at radius 1 is 1.10 bits per heavy atom. The van der Waals surface area contributed by atoms with E-state index < -0.39 is 0 Å². The highest BCUT2D eigenvalue weighted by molar-refractivity contribution is 5.73. The monoisotopic (exact) mass is 420 g/mol. The van der Waals surface area contributed by atoms with E-state index in [1.165, 1.54) is 0 Å². The summed E-state index contributed by atoms with van der Waals surface area (Å²) in [6.45, 7) is 8.00. The summed E-state index contributed by atoms with van der Waals surface area (Å²) in [4.78, 5) is 4.69. The highest BCUT2D eigenvalue weighted by atomic mass is 16.3. The summed E-state index contributed by atoms with van der Waals surface area (Å²) in [6.07, 6.45) is 4.80. The fourth-order valence-corrected chi connectivity index (χ4v) is 4.54. The Hall–Kier alpha value is -2.93. The van der Waals surface area contributed by atoms with Crippen molar-refractivity contribution < 1.29 is 5.11 Å². The molecule has 0 amide bonds. The maximum Gasteiger partial charge on any atom is 0.151 e. The highest BCUT2D eigenvalue weighted by Crippen LogP contribution is 2.36. The number of likely N-dealkylation sites (tertiary alicyclic amines) is 1. The third kappa shape index (κ3) is 3.90. The van der Waals surface area contributed by atoms with Gasteiger partial charge >= 0.3 is 0 Å². The average molecular weight is 421 g/mol. The number of phenols is 1. The van der Waals surface area contributed by atoms with Crippen LogP contribution < -0.4 is 4.90 Å². The van der Waals surface area contributed by atoms with E-state index in [0.29, 0.717) is 23.2 Å². The lowest BCUT2D eigenvalue weighted by molar-refractivity contribution is 0.0391. The molecule has 1 aliphatic rings. The van der Waals surface area contributed by atoms with Gasteiger partial charge in [-0.3, -0.25) is 4.68 Å². The Morgan fingerprint density at radius 3 is 2.48 bits per heavy atom. The van der Waals surface area contributed by atoms with Gasteiger partial charge in [0.05, 0.1) is 11.9 Å². The molecule has 1 aromatic carbocycles. The average Bonchev–Trinajstić information content (AvgIpc) is 3.19. The zero-order valence-electron chi connectivity index (χ0n) is 19.2. The van der Waals surface area contributed by atoms with Crippen LogP contribution in [0.25, 0.3) is 22.4 Å². The number of anilines is 1. The smallest absolute Gasteiger partial charge is 0.151 e. The number of hydrogen-bond acceptors (Lipinski definition) is 6. The second-order valence-electron chi connectivity index (χ2n) is 9.24. The number of hydrogen-bond donors (Lipinski definition) is 1. The Bertz CT molecular complexity index is 1060. The van der Waals surface area contributed by atoms with E-state index in [0.717, 1.165) is 29.9 Å². The van der Waals surface area contributed by atoms with Crippen LogP contribution in [-0.4, -0.2) is 62.2 Å². The first-order valence-corrected chi connectivity index (χ1v) is 10.8. The fraction of sp³-hybridized carbons (Fsp3) is 0.458.